The molecule has 0 N–H and O–H groups in total. The minimum atomic E-state index is -3.33. The van der Waals surface area contributed by atoms with Crippen LogP contribution in [0.15, 0.2) is 54.9 Å². The Morgan fingerprint density at radius 3 is 2.08 bits per heavy atom. The molecule has 206 valence electrons. The fourth-order valence-corrected chi connectivity index (χ4v) is 4.26. The van der Waals surface area contributed by atoms with Gasteiger partial charge < -0.3 is 18.8 Å². The van der Waals surface area contributed by atoms with Crippen LogP contribution in [-0.4, -0.2) is 26.5 Å². The van der Waals surface area contributed by atoms with Crippen LogP contribution in [0.3, 0.4) is 0 Å². The van der Waals surface area contributed by atoms with E-state index in [0.29, 0.717) is 5.56 Å². The molecule has 1 heterocycles. The number of hydrogen-bond acceptors (Lipinski definition) is 5. The molecule has 0 amide bonds. The Kier molecular flexibility index (Phi) is 8.85. The van der Waals surface area contributed by atoms with Crippen molar-refractivity contribution in [2.75, 3.05) is 4.90 Å². The molecule has 0 unspecified atom stereocenters. The fourth-order valence-electron chi connectivity index (χ4n) is 3.26. The summed E-state index contributed by atoms with van der Waals surface area (Å²) >= 11 is 0. The lowest BCUT2D eigenvalue weighted by atomic mass is 10.1. The van der Waals surface area contributed by atoms with Gasteiger partial charge in [0.15, 0.2) is 23.1 Å². The first-order valence-corrected chi connectivity index (χ1v) is 14.5. The molecule has 0 bridgehead atoms. The predicted octanol–water partition coefficient (Wildman–Crippen LogP) is 8.28. The predicted molar refractivity (Wildman–Crippen MR) is 134 cm³/mol. The molecule has 12 heteroatoms. The number of benzene rings is 2. The van der Waals surface area contributed by atoms with Crippen LogP contribution in [0.1, 0.15) is 26.3 Å². The number of alkyl halides is 4. The maximum absolute atomic E-state index is 14.9. The first-order valence-electron chi connectivity index (χ1n) is 11.6. The number of anilines is 2. The van der Waals surface area contributed by atoms with Gasteiger partial charge in [-0.3, -0.25) is 4.98 Å². The zero-order chi connectivity index (χ0) is 28.3. The van der Waals surface area contributed by atoms with Crippen LogP contribution in [0.4, 0.5) is 37.7 Å². The van der Waals surface area contributed by atoms with Gasteiger partial charge in [0.05, 0.1) is 0 Å². The van der Waals surface area contributed by atoms with Gasteiger partial charge in [-0.1, -0.05) is 26.8 Å². The Morgan fingerprint density at radius 2 is 1.50 bits per heavy atom. The number of ether oxygens (including phenoxy) is 2. The highest BCUT2D eigenvalue weighted by Crippen LogP contribution is 2.42. The molecule has 3 rings (SSSR count). The Labute approximate surface area is 218 Å². The van der Waals surface area contributed by atoms with Crippen LogP contribution in [0.5, 0.6) is 17.2 Å². The summed E-state index contributed by atoms with van der Waals surface area (Å²) in [5.74, 6) is -3.92. The van der Waals surface area contributed by atoms with Crippen LogP contribution in [0.2, 0.25) is 18.1 Å². The van der Waals surface area contributed by atoms with Gasteiger partial charge >= 0.3 is 13.2 Å². The van der Waals surface area contributed by atoms with Gasteiger partial charge in [0.2, 0.25) is 0 Å². The normalized spacial score (nSPS) is 12.1. The Hall–Kier alpha value is -3.41. The number of nitrogens with zero attached hydrogens (tertiary/aromatic N) is 2. The highest BCUT2D eigenvalue weighted by Gasteiger charge is 2.40. The molecular weight excluding hydrogens is 530 g/mol. The summed E-state index contributed by atoms with van der Waals surface area (Å²) in [4.78, 5) is 5.51. The van der Waals surface area contributed by atoms with E-state index in [2.05, 4.69) is 14.5 Å². The van der Waals surface area contributed by atoms with E-state index in [1.165, 1.54) is 23.2 Å². The SMILES string of the molecule is CC(C)(C)[Si](C)(C)Oc1cc(N(Cc2cccnc2)c2ccc(OC(F)F)c(OC(F)F)c2)cc(F)c1F. The molecule has 0 aliphatic heterocycles. The number of rotatable bonds is 10. The van der Waals surface area contributed by atoms with Gasteiger partial charge in [0.25, 0.3) is 8.32 Å². The summed E-state index contributed by atoms with van der Waals surface area (Å²) in [6.07, 6.45) is 3.08. The van der Waals surface area contributed by atoms with Crippen molar-refractivity contribution in [3.8, 4) is 17.2 Å². The van der Waals surface area contributed by atoms with Crippen LogP contribution in [0.25, 0.3) is 0 Å². The van der Waals surface area contributed by atoms with Crippen LogP contribution >= 0.6 is 0 Å². The number of halogens is 6. The highest BCUT2D eigenvalue weighted by molar-refractivity contribution is 6.74. The maximum Gasteiger partial charge on any atom is 0.387 e. The van der Waals surface area contributed by atoms with Crippen LogP contribution in [-0.2, 0) is 6.54 Å². The Morgan fingerprint density at radius 1 is 0.868 bits per heavy atom. The van der Waals surface area contributed by atoms with Gasteiger partial charge in [-0.2, -0.15) is 22.0 Å². The third-order valence-corrected chi connectivity index (χ3v) is 10.5. The van der Waals surface area contributed by atoms with Crippen molar-refractivity contribution in [1.29, 1.82) is 0 Å². The van der Waals surface area contributed by atoms with E-state index in [9.17, 15) is 26.3 Å². The minimum absolute atomic E-state index is 0.0294. The lowest BCUT2D eigenvalue weighted by Crippen LogP contribution is -2.44. The molecule has 38 heavy (non-hydrogen) atoms. The standard InChI is InChI=1S/C26H28F6N2O3Si/c1-26(2,3)38(4,5)37-22-13-18(11-19(27)23(22)28)34(15-16-7-6-10-33-14-16)17-8-9-20(35-24(29)30)21(12-17)36-25(31)32/h6-14,24-25H,15H2,1-5H3. The lowest BCUT2D eigenvalue weighted by Gasteiger charge is -2.37. The molecule has 0 aliphatic rings. The molecule has 0 spiro atoms. The molecule has 1 aromatic heterocycles. The zero-order valence-electron chi connectivity index (χ0n) is 21.4. The minimum Gasteiger partial charge on any atom is -0.541 e. The highest BCUT2D eigenvalue weighted by atomic mass is 28.4. The average molecular weight is 559 g/mol. The molecule has 0 fully saturated rings. The topological polar surface area (TPSA) is 43.8 Å². The first-order chi connectivity index (χ1) is 17.7. The summed E-state index contributed by atoms with van der Waals surface area (Å²) < 4.78 is 96.3. The second-order valence-electron chi connectivity index (χ2n) is 9.94. The molecule has 3 aromatic rings. The summed E-state index contributed by atoms with van der Waals surface area (Å²) in [6.45, 7) is 3.00. The van der Waals surface area contributed by atoms with E-state index >= 15 is 0 Å². The van der Waals surface area contributed by atoms with E-state index in [1.54, 1.807) is 18.3 Å². The van der Waals surface area contributed by atoms with Gasteiger partial charge in [-0.25, -0.2) is 4.39 Å². The summed E-state index contributed by atoms with van der Waals surface area (Å²) in [5.41, 5.74) is 0.899. The molecule has 0 atom stereocenters. The zero-order valence-corrected chi connectivity index (χ0v) is 22.4. The van der Waals surface area contributed by atoms with Crippen molar-refractivity contribution < 1.29 is 40.2 Å². The van der Waals surface area contributed by atoms with Crippen molar-refractivity contribution in [3.63, 3.8) is 0 Å². The lowest BCUT2D eigenvalue weighted by molar-refractivity contribution is -0.0692. The van der Waals surface area contributed by atoms with Crippen molar-refractivity contribution in [3.05, 3.63) is 72.1 Å². The molecule has 2 aromatic carbocycles. The van der Waals surface area contributed by atoms with Gasteiger partial charge in [0.1, 0.15) is 5.75 Å². The number of hydrogen-bond donors (Lipinski definition) is 0. The third-order valence-electron chi connectivity index (χ3n) is 6.20. The average Bonchev–Trinajstić information content (AvgIpc) is 2.81. The Bertz CT molecular complexity index is 1240. The first kappa shape index (κ1) is 29.1. The Balaban J connectivity index is 2.16. The second-order valence-corrected chi connectivity index (χ2v) is 14.7. The molecule has 0 saturated carbocycles. The van der Waals surface area contributed by atoms with E-state index in [-0.39, 0.29) is 28.7 Å². The van der Waals surface area contributed by atoms with Gasteiger partial charge in [0, 0.05) is 48.5 Å². The van der Waals surface area contributed by atoms with Crippen LogP contribution in [0, 0.1) is 11.6 Å². The third kappa shape index (κ3) is 7.12. The van der Waals surface area contributed by atoms with Crippen molar-refractivity contribution >= 4 is 19.7 Å². The van der Waals surface area contributed by atoms with E-state index < -0.39 is 44.7 Å². The largest absolute Gasteiger partial charge is 0.541 e. The summed E-state index contributed by atoms with van der Waals surface area (Å²) in [7, 11) is -2.59. The molecular formula is C26H28F6N2O3Si. The van der Waals surface area contributed by atoms with Crippen molar-refractivity contribution in [1.82, 2.24) is 4.98 Å². The van der Waals surface area contributed by atoms with E-state index in [4.69, 9.17) is 4.43 Å². The van der Waals surface area contributed by atoms with Crippen LogP contribution < -0.4 is 18.8 Å². The van der Waals surface area contributed by atoms with Gasteiger partial charge in [-0.15, -0.1) is 0 Å². The monoisotopic (exact) mass is 558 g/mol. The fraction of sp³-hybridized carbons (Fsp3) is 0.346. The number of pyridine rings is 1. The summed E-state index contributed by atoms with van der Waals surface area (Å²) in [5, 5.41) is -0.316. The maximum atomic E-state index is 14.9. The number of aromatic nitrogens is 1. The van der Waals surface area contributed by atoms with Gasteiger partial charge in [-0.05, 0) is 41.9 Å². The molecule has 5 nitrogen and oxygen atoms in total. The quantitative estimate of drug-likeness (QED) is 0.185. The molecule has 0 saturated heterocycles. The molecule has 0 radical (unpaired) electrons. The van der Waals surface area contributed by atoms with E-state index in [1.807, 2.05) is 33.9 Å². The summed E-state index contributed by atoms with van der Waals surface area (Å²) in [6, 6.07) is 9.02. The van der Waals surface area contributed by atoms with E-state index in [0.717, 1.165) is 18.2 Å². The second kappa shape index (κ2) is 11.5. The smallest absolute Gasteiger partial charge is 0.387 e. The molecule has 0 aliphatic carbocycles. The van der Waals surface area contributed by atoms with Crippen molar-refractivity contribution in [2.24, 2.45) is 0 Å². The van der Waals surface area contributed by atoms with Crippen molar-refractivity contribution in [2.45, 2.75) is 58.7 Å².